The molecule has 0 bridgehead atoms. The largest absolute Gasteiger partial charge is 0.503 e. The first-order valence-electron chi connectivity index (χ1n) is 5.86. The minimum absolute atomic E-state index is 0.0828. The maximum Gasteiger partial charge on any atom is 0.366 e. The van der Waals surface area contributed by atoms with Crippen LogP contribution in [-0.2, 0) is 0 Å². The van der Waals surface area contributed by atoms with Gasteiger partial charge in [-0.3, -0.25) is 14.9 Å². The summed E-state index contributed by atoms with van der Waals surface area (Å²) in [5, 5.41) is 31.1. The number of benzene rings is 2. The number of halogens is 1. The average Bonchev–Trinajstić information content (AvgIpc) is 2.44. The predicted octanol–water partition coefficient (Wildman–Crippen LogP) is -0.663. The zero-order valence-electron chi connectivity index (χ0n) is 10.9. The van der Waals surface area contributed by atoms with Crippen molar-refractivity contribution in [3.05, 3.63) is 59.2 Å². The summed E-state index contributed by atoms with van der Waals surface area (Å²) in [6, 6.07) is 9.93. The standard InChI is InChI=1S/C14H10INO5/c1-8(17)10-7-11(16(20)21)14(19)12(13(10)18)15-9-5-3-2-4-6-9/h2-7H,1H3,(H-,17,18,19)/p+1. The fourth-order valence-corrected chi connectivity index (χ4v) is 4.18. The van der Waals surface area contributed by atoms with E-state index in [2.05, 4.69) is 0 Å². The first kappa shape index (κ1) is 15.2. The lowest BCUT2D eigenvalue weighted by Gasteiger charge is -2.03. The van der Waals surface area contributed by atoms with Gasteiger partial charge < -0.3 is 10.2 Å². The second kappa shape index (κ2) is 6.08. The molecule has 7 heteroatoms. The Hall–Kier alpha value is -2.16. The fraction of sp³-hybridized carbons (Fsp3) is 0.0714. The molecule has 0 radical (unpaired) electrons. The summed E-state index contributed by atoms with van der Waals surface area (Å²) in [6.07, 6.45) is 0. The van der Waals surface area contributed by atoms with Gasteiger partial charge in [-0.15, -0.1) is 0 Å². The first-order chi connectivity index (χ1) is 9.91. The average molecular weight is 400 g/mol. The Morgan fingerprint density at radius 3 is 2.33 bits per heavy atom. The second-order valence-corrected chi connectivity index (χ2v) is 7.02. The number of Topliss-reactive ketones (excluding diaryl/α,β-unsaturated/α-hetero) is 1. The van der Waals surface area contributed by atoms with Crippen molar-refractivity contribution in [1.29, 1.82) is 0 Å². The maximum atomic E-state index is 11.5. The highest BCUT2D eigenvalue weighted by molar-refractivity contribution is 5.97. The molecule has 0 fully saturated rings. The number of hydrogen-bond acceptors (Lipinski definition) is 5. The number of ketones is 1. The summed E-state index contributed by atoms with van der Waals surface area (Å²) in [7, 11) is 0. The molecule has 0 spiro atoms. The number of phenolic OH excluding ortho intramolecular Hbond substituents is 2. The summed E-state index contributed by atoms with van der Waals surface area (Å²) < 4.78 is 0.941. The topological polar surface area (TPSA) is 101 Å². The molecule has 108 valence electrons. The van der Waals surface area contributed by atoms with Crippen LogP contribution < -0.4 is 21.2 Å². The highest BCUT2D eigenvalue weighted by atomic mass is 127. The fourth-order valence-electron chi connectivity index (χ4n) is 1.70. The van der Waals surface area contributed by atoms with Crippen LogP contribution >= 0.6 is 0 Å². The molecular formula is C14H11INO5+. The summed E-state index contributed by atoms with van der Waals surface area (Å²) in [5.41, 5.74) is -0.714. The SMILES string of the molecule is CC(=O)c1cc([N+](=O)[O-])c(O)c([I+]c2ccccc2)c1O. The van der Waals surface area contributed by atoms with Crippen molar-refractivity contribution in [2.75, 3.05) is 0 Å². The molecule has 0 atom stereocenters. The number of hydrogen-bond donors (Lipinski definition) is 2. The van der Waals surface area contributed by atoms with Crippen LogP contribution in [0.2, 0.25) is 0 Å². The number of nitrogens with zero attached hydrogens (tertiary/aromatic N) is 1. The van der Waals surface area contributed by atoms with Crippen molar-refractivity contribution in [1.82, 2.24) is 0 Å². The van der Waals surface area contributed by atoms with Crippen molar-refractivity contribution >= 4 is 11.5 Å². The Bertz CT molecular complexity index is 677. The van der Waals surface area contributed by atoms with E-state index in [9.17, 15) is 25.1 Å². The Kier molecular flexibility index (Phi) is 4.41. The Morgan fingerprint density at radius 2 is 1.81 bits per heavy atom. The van der Waals surface area contributed by atoms with Crippen molar-refractivity contribution in [3.63, 3.8) is 0 Å². The van der Waals surface area contributed by atoms with Crippen LogP contribution in [0.4, 0.5) is 5.69 Å². The van der Waals surface area contributed by atoms with E-state index in [0.717, 1.165) is 9.64 Å². The zero-order valence-corrected chi connectivity index (χ0v) is 13.1. The lowest BCUT2D eigenvalue weighted by atomic mass is 10.1. The highest BCUT2D eigenvalue weighted by Gasteiger charge is 2.35. The van der Waals surface area contributed by atoms with E-state index in [-0.39, 0.29) is 14.9 Å². The number of phenols is 2. The van der Waals surface area contributed by atoms with Gasteiger partial charge in [-0.2, -0.15) is 0 Å². The molecule has 2 rings (SSSR count). The number of carbonyl (C=O) groups is 1. The van der Waals surface area contributed by atoms with Crippen molar-refractivity contribution in [2.45, 2.75) is 6.92 Å². The van der Waals surface area contributed by atoms with Crippen molar-refractivity contribution < 1.29 is 41.1 Å². The molecular weight excluding hydrogens is 389 g/mol. The van der Waals surface area contributed by atoms with E-state index in [1.807, 2.05) is 6.07 Å². The normalized spacial score (nSPS) is 10.3. The first-order valence-corrected chi connectivity index (χ1v) is 8.01. The lowest BCUT2D eigenvalue weighted by molar-refractivity contribution is -0.599. The van der Waals surface area contributed by atoms with Gasteiger partial charge in [0.05, 0.1) is 10.5 Å². The molecule has 2 N–H and O–H groups in total. The summed E-state index contributed by atoms with van der Waals surface area (Å²) in [6.45, 7) is 1.21. The molecule has 0 heterocycles. The van der Waals surface area contributed by atoms with Gasteiger partial charge in [0.15, 0.2) is 15.1 Å². The van der Waals surface area contributed by atoms with E-state index in [4.69, 9.17) is 0 Å². The van der Waals surface area contributed by atoms with E-state index in [1.165, 1.54) is 6.92 Å². The maximum absolute atomic E-state index is 11.5. The van der Waals surface area contributed by atoms with Crippen molar-refractivity contribution in [2.24, 2.45) is 0 Å². The highest BCUT2D eigenvalue weighted by Crippen LogP contribution is 2.33. The van der Waals surface area contributed by atoms with Gasteiger partial charge in [-0.25, -0.2) is 0 Å². The van der Waals surface area contributed by atoms with Crippen LogP contribution in [0.3, 0.4) is 0 Å². The Balaban J connectivity index is 2.63. The number of carbonyl (C=O) groups excluding carboxylic acids is 1. The Morgan fingerprint density at radius 1 is 1.19 bits per heavy atom. The van der Waals surface area contributed by atoms with Gasteiger partial charge >= 0.3 is 26.9 Å². The molecule has 0 unspecified atom stereocenters. The van der Waals surface area contributed by atoms with Crippen LogP contribution in [0, 0.1) is 17.3 Å². The molecule has 2 aromatic carbocycles. The van der Waals surface area contributed by atoms with Gasteiger partial charge in [-0.05, 0) is 19.1 Å². The van der Waals surface area contributed by atoms with Gasteiger partial charge in [0.25, 0.3) is 9.32 Å². The summed E-state index contributed by atoms with van der Waals surface area (Å²) >= 11 is -1.06. The molecule has 6 nitrogen and oxygen atoms in total. The molecule has 0 aliphatic heterocycles. The van der Waals surface area contributed by atoms with Gasteiger partial charge in [0.2, 0.25) is 0 Å². The number of rotatable bonds is 4. The van der Waals surface area contributed by atoms with Crippen LogP contribution in [0.25, 0.3) is 0 Å². The van der Waals surface area contributed by atoms with E-state index in [0.29, 0.717) is 0 Å². The van der Waals surface area contributed by atoms with Crippen LogP contribution in [0.1, 0.15) is 17.3 Å². The van der Waals surface area contributed by atoms with E-state index in [1.54, 1.807) is 24.3 Å². The molecule has 0 saturated heterocycles. The minimum atomic E-state index is -1.06. The number of nitro groups is 1. The van der Waals surface area contributed by atoms with E-state index >= 15 is 0 Å². The smallest absolute Gasteiger partial charge is 0.366 e. The lowest BCUT2D eigenvalue weighted by Crippen LogP contribution is -3.61. The number of aromatic hydroxyl groups is 2. The molecule has 0 aliphatic rings. The van der Waals surface area contributed by atoms with Crippen molar-refractivity contribution in [3.8, 4) is 11.5 Å². The van der Waals surface area contributed by atoms with Crippen LogP contribution in [0.5, 0.6) is 11.5 Å². The molecule has 21 heavy (non-hydrogen) atoms. The Labute approximate surface area is 130 Å². The summed E-state index contributed by atoms with van der Waals surface area (Å²) in [5.74, 6) is -1.43. The monoisotopic (exact) mass is 400 g/mol. The third kappa shape index (κ3) is 3.13. The second-order valence-electron chi connectivity index (χ2n) is 4.16. The molecule has 0 aromatic heterocycles. The van der Waals surface area contributed by atoms with Gasteiger partial charge in [0, 0.05) is 6.07 Å². The predicted molar refractivity (Wildman–Crippen MR) is 70.3 cm³/mol. The van der Waals surface area contributed by atoms with Crippen LogP contribution in [-0.4, -0.2) is 20.9 Å². The third-order valence-corrected chi connectivity index (χ3v) is 5.61. The summed E-state index contributed by atoms with van der Waals surface area (Å²) in [4.78, 5) is 21.7. The number of nitro benzene ring substituents is 1. The van der Waals surface area contributed by atoms with E-state index < -0.39 is 43.3 Å². The zero-order chi connectivity index (χ0) is 15.6. The third-order valence-electron chi connectivity index (χ3n) is 2.71. The minimum Gasteiger partial charge on any atom is -0.503 e. The molecule has 0 aliphatic carbocycles. The van der Waals surface area contributed by atoms with Crippen LogP contribution in [0.15, 0.2) is 36.4 Å². The van der Waals surface area contributed by atoms with Gasteiger partial charge in [-0.1, -0.05) is 18.2 Å². The molecule has 0 amide bonds. The quantitative estimate of drug-likeness (QED) is 0.307. The molecule has 0 saturated carbocycles. The molecule has 2 aromatic rings. The van der Waals surface area contributed by atoms with Gasteiger partial charge in [0.1, 0.15) is 0 Å².